The summed E-state index contributed by atoms with van der Waals surface area (Å²) in [5.41, 5.74) is 1.74. The highest BCUT2D eigenvalue weighted by molar-refractivity contribution is 5.17. The molecule has 0 aromatic carbocycles. The second-order valence-corrected chi connectivity index (χ2v) is 12.9. The maximum Gasteiger partial charge on any atom is 0.157 e. The van der Waals surface area contributed by atoms with Crippen molar-refractivity contribution in [1.82, 2.24) is 4.90 Å². The minimum absolute atomic E-state index is 0.0892. The first-order valence-corrected chi connectivity index (χ1v) is 14.7. The van der Waals surface area contributed by atoms with Crippen LogP contribution in [0.25, 0.3) is 0 Å². The molecular weight excluding hydrogens is 438 g/mol. The fourth-order valence-electron chi connectivity index (χ4n) is 8.39. The number of fused-ring (bicyclic) bond motifs is 1. The molecule has 0 bridgehead atoms. The first-order chi connectivity index (χ1) is 16.8. The van der Waals surface area contributed by atoms with Gasteiger partial charge in [0.25, 0.3) is 0 Å². The molecule has 1 unspecified atom stereocenters. The van der Waals surface area contributed by atoms with Gasteiger partial charge >= 0.3 is 0 Å². The third-order valence-corrected chi connectivity index (χ3v) is 11.0. The first kappa shape index (κ1) is 27.6. The van der Waals surface area contributed by atoms with E-state index in [2.05, 4.69) is 32.3 Å². The van der Waals surface area contributed by atoms with Gasteiger partial charge in [-0.05, 0) is 86.4 Å². The predicted octanol–water partition coefficient (Wildman–Crippen LogP) is 5.40. The maximum absolute atomic E-state index is 10.8. The number of likely N-dealkylation sites (tertiary alicyclic amines) is 1. The van der Waals surface area contributed by atoms with E-state index in [0.29, 0.717) is 36.4 Å². The monoisotopic (exact) mass is 491 g/mol. The number of ether oxygens (including phenoxy) is 2. The number of β-amino-alcohol motifs (C(OH)–C–C–N with tert-alkyl or cyclic N) is 1. The van der Waals surface area contributed by atoms with Crippen LogP contribution in [0.3, 0.4) is 0 Å². The van der Waals surface area contributed by atoms with Gasteiger partial charge in [-0.2, -0.15) is 0 Å². The van der Waals surface area contributed by atoms with Crippen LogP contribution in [0.5, 0.6) is 0 Å². The third kappa shape index (κ3) is 6.00. The Labute approximate surface area is 214 Å². The van der Waals surface area contributed by atoms with E-state index in [9.17, 15) is 10.2 Å². The largest absolute Gasteiger partial charge is 0.395 e. The minimum Gasteiger partial charge on any atom is -0.395 e. The topological polar surface area (TPSA) is 62.2 Å². The number of allylic oxidation sites excluding steroid dienone is 1. The molecule has 3 saturated carbocycles. The molecule has 35 heavy (non-hydrogen) atoms. The molecule has 6 atom stereocenters. The Morgan fingerprint density at radius 1 is 1.09 bits per heavy atom. The molecule has 4 aliphatic rings. The second-order valence-electron chi connectivity index (χ2n) is 12.9. The normalized spacial score (nSPS) is 38.5. The van der Waals surface area contributed by atoms with Gasteiger partial charge in [0.1, 0.15) is 0 Å². The number of hydrogen-bond acceptors (Lipinski definition) is 5. The molecule has 0 amide bonds. The van der Waals surface area contributed by atoms with E-state index < -0.39 is 6.29 Å². The molecular formula is C30H53NO4. The van der Waals surface area contributed by atoms with Crippen LogP contribution in [0.1, 0.15) is 91.4 Å². The highest BCUT2D eigenvalue weighted by Gasteiger charge is 2.57. The van der Waals surface area contributed by atoms with Crippen LogP contribution in [-0.4, -0.2) is 67.0 Å². The standard InChI is InChI=1S/C30H53NO4/c1-22-9-10-27-29(3,26(22)14-20-34-25-12-16-31(17-13-25)18-19-32)15-11-23(2)30(27,4)21-35-28(33)24-7-5-6-8-24/h23-28,32-33H,1,5-21H2,2-4H3/t23-,26-,27?,28+,29+,30-/m1/s1. The summed E-state index contributed by atoms with van der Waals surface area (Å²) >= 11 is 0. The predicted molar refractivity (Wildman–Crippen MR) is 141 cm³/mol. The molecule has 3 aliphatic carbocycles. The fraction of sp³-hybridized carbons (Fsp3) is 0.933. The molecule has 5 heteroatoms. The van der Waals surface area contributed by atoms with E-state index in [1.165, 1.54) is 37.7 Å². The van der Waals surface area contributed by atoms with E-state index >= 15 is 0 Å². The molecule has 5 nitrogen and oxygen atoms in total. The summed E-state index contributed by atoms with van der Waals surface area (Å²) in [6.45, 7) is 16.5. The quantitative estimate of drug-likeness (QED) is 0.316. The van der Waals surface area contributed by atoms with Gasteiger partial charge in [0.05, 0.1) is 19.3 Å². The molecule has 0 radical (unpaired) electrons. The first-order valence-electron chi connectivity index (χ1n) is 14.7. The molecule has 4 fully saturated rings. The summed E-state index contributed by atoms with van der Waals surface area (Å²) in [6, 6.07) is 0. The van der Waals surface area contributed by atoms with Crippen LogP contribution in [0.4, 0.5) is 0 Å². The lowest BCUT2D eigenvalue weighted by atomic mass is 9.44. The van der Waals surface area contributed by atoms with Crippen molar-refractivity contribution in [2.24, 2.45) is 34.5 Å². The van der Waals surface area contributed by atoms with E-state index in [1.54, 1.807) is 0 Å². The van der Waals surface area contributed by atoms with Crippen LogP contribution >= 0.6 is 0 Å². The summed E-state index contributed by atoms with van der Waals surface area (Å²) in [4.78, 5) is 2.34. The van der Waals surface area contributed by atoms with Crippen molar-refractivity contribution in [1.29, 1.82) is 0 Å². The number of nitrogens with zero attached hydrogens (tertiary/aromatic N) is 1. The summed E-state index contributed by atoms with van der Waals surface area (Å²) in [5.74, 6) is 2.02. The van der Waals surface area contributed by atoms with Crippen molar-refractivity contribution in [3.8, 4) is 0 Å². The number of aliphatic hydroxyl groups excluding tert-OH is 2. The zero-order chi connectivity index (χ0) is 25.1. The van der Waals surface area contributed by atoms with E-state index in [-0.39, 0.29) is 17.4 Å². The van der Waals surface area contributed by atoms with E-state index in [1.807, 2.05) is 0 Å². The van der Waals surface area contributed by atoms with Crippen molar-refractivity contribution >= 4 is 0 Å². The zero-order valence-electron chi connectivity index (χ0n) is 22.9. The maximum atomic E-state index is 10.8. The Morgan fingerprint density at radius 2 is 1.80 bits per heavy atom. The van der Waals surface area contributed by atoms with Crippen LogP contribution in [0.2, 0.25) is 0 Å². The molecule has 2 N–H and O–H groups in total. The number of piperidine rings is 1. The van der Waals surface area contributed by atoms with Gasteiger partial charge in [-0.25, -0.2) is 0 Å². The Kier molecular flexibility index (Phi) is 9.41. The zero-order valence-corrected chi connectivity index (χ0v) is 22.9. The molecule has 202 valence electrons. The van der Waals surface area contributed by atoms with Crippen LogP contribution < -0.4 is 0 Å². The van der Waals surface area contributed by atoms with Gasteiger partial charge in [-0.15, -0.1) is 0 Å². The van der Waals surface area contributed by atoms with Gasteiger partial charge in [0.15, 0.2) is 6.29 Å². The Hall–Kier alpha value is -0.460. The third-order valence-electron chi connectivity index (χ3n) is 11.0. The lowest BCUT2D eigenvalue weighted by Crippen LogP contribution is -2.55. The summed E-state index contributed by atoms with van der Waals surface area (Å²) in [7, 11) is 0. The van der Waals surface area contributed by atoms with Crippen LogP contribution in [0, 0.1) is 34.5 Å². The molecule has 4 rings (SSSR count). The van der Waals surface area contributed by atoms with Gasteiger partial charge in [-0.3, -0.25) is 0 Å². The lowest BCUT2D eigenvalue weighted by molar-refractivity contribution is -0.194. The fourth-order valence-corrected chi connectivity index (χ4v) is 8.39. The van der Waals surface area contributed by atoms with Gasteiger partial charge in [0.2, 0.25) is 0 Å². The summed E-state index contributed by atoms with van der Waals surface area (Å²) in [6.07, 6.45) is 12.4. The van der Waals surface area contributed by atoms with Crippen molar-refractivity contribution in [3.63, 3.8) is 0 Å². The highest BCUT2D eigenvalue weighted by Crippen LogP contribution is 2.63. The smallest absolute Gasteiger partial charge is 0.157 e. The average molecular weight is 492 g/mol. The molecule has 1 heterocycles. The van der Waals surface area contributed by atoms with Crippen molar-refractivity contribution in [2.75, 3.05) is 39.5 Å². The molecule has 1 saturated heterocycles. The second kappa shape index (κ2) is 11.9. The van der Waals surface area contributed by atoms with Crippen molar-refractivity contribution in [2.45, 2.75) is 104 Å². The summed E-state index contributed by atoms with van der Waals surface area (Å²) < 4.78 is 12.7. The van der Waals surface area contributed by atoms with Gasteiger partial charge < -0.3 is 24.6 Å². The van der Waals surface area contributed by atoms with Crippen LogP contribution in [-0.2, 0) is 9.47 Å². The number of rotatable bonds is 10. The molecule has 1 aliphatic heterocycles. The van der Waals surface area contributed by atoms with Crippen LogP contribution in [0.15, 0.2) is 12.2 Å². The molecule has 0 aromatic rings. The summed E-state index contributed by atoms with van der Waals surface area (Å²) in [5, 5.41) is 19.9. The Bertz CT molecular complexity index is 686. The van der Waals surface area contributed by atoms with Crippen molar-refractivity contribution < 1.29 is 19.7 Å². The number of hydrogen-bond donors (Lipinski definition) is 2. The lowest BCUT2D eigenvalue weighted by Gasteiger charge is -2.61. The Balaban J connectivity index is 1.36. The van der Waals surface area contributed by atoms with E-state index in [4.69, 9.17) is 9.47 Å². The average Bonchev–Trinajstić information content (AvgIpc) is 3.39. The van der Waals surface area contributed by atoms with Crippen molar-refractivity contribution in [3.05, 3.63) is 12.2 Å². The van der Waals surface area contributed by atoms with Gasteiger partial charge in [-0.1, -0.05) is 45.8 Å². The highest BCUT2D eigenvalue weighted by atomic mass is 16.6. The SMILES string of the molecule is C=C1CCC2[C@](C)(CO[C@H](O)C3CCCC3)[C@H](C)CC[C@@]2(C)[C@@H]1CCOC1CCN(CCO)CC1. The van der Waals surface area contributed by atoms with E-state index in [0.717, 1.165) is 64.8 Å². The molecule has 0 aromatic heterocycles. The Morgan fingerprint density at radius 3 is 2.49 bits per heavy atom. The minimum atomic E-state index is -0.596. The van der Waals surface area contributed by atoms with Gasteiger partial charge in [0, 0.05) is 32.2 Å². The molecule has 0 spiro atoms. The number of aliphatic hydroxyl groups is 2.